The lowest BCUT2D eigenvalue weighted by Gasteiger charge is -2.09. The first kappa shape index (κ1) is 14.4. The first-order chi connectivity index (χ1) is 9.45. The minimum Gasteiger partial charge on any atom is -0.505 e. The summed E-state index contributed by atoms with van der Waals surface area (Å²) in [6, 6.07) is 7.46. The Morgan fingerprint density at radius 2 is 1.50 bits per heavy atom. The highest BCUT2D eigenvalue weighted by Gasteiger charge is 2.09. The minimum atomic E-state index is -0.547. The molecule has 0 heterocycles. The van der Waals surface area contributed by atoms with E-state index in [0.29, 0.717) is 11.4 Å². The summed E-state index contributed by atoms with van der Waals surface area (Å²) in [6.45, 7) is 0. The van der Waals surface area contributed by atoms with Gasteiger partial charge in [-0.3, -0.25) is 0 Å². The fourth-order valence-corrected chi connectivity index (χ4v) is 1.95. The third kappa shape index (κ3) is 3.53. The molecule has 0 atom stereocenters. The van der Waals surface area contributed by atoms with Crippen LogP contribution in [0.4, 0.5) is 20.6 Å². The second kappa shape index (κ2) is 5.98. The number of amides is 2. The Labute approximate surface area is 124 Å². The van der Waals surface area contributed by atoms with E-state index < -0.39 is 11.8 Å². The van der Waals surface area contributed by atoms with Gasteiger partial charge in [-0.15, -0.1) is 0 Å². The Morgan fingerprint density at radius 3 is 2.05 bits per heavy atom. The highest BCUT2D eigenvalue weighted by molar-refractivity contribution is 6.37. The first-order valence-corrected chi connectivity index (χ1v) is 6.23. The molecule has 0 saturated heterocycles. The number of carbonyl (C=O) groups excluding carboxylic acids is 1. The van der Waals surface area contributed by atoms with Crippen molar-refractivity contribution < 1.29 is 14.3 Å². The summed E-state index contributed by atoms with van der Waals surface area (Å²) in [5, 5.41) is 14.4. The molecule has 104 valence electrons. The van der Waals surface area contributed by atoms with Crippen LogP contribution in [0.3, 0.4) is 0 Å². The normalized spacial score (nSPS) is 10.2. The maximum absolute atomic E-state index is 12.7. The molecule has 4 nitrogen and oxygen atoms in total. The molecule has 0 spiro atoms. The van der Waals surface area contributed by atoms with Gasteiger partial charge in [0.25, 0.3) is 0 Å². The number of hydrogen-bond donors (Lipinski definition) is 3. The van der Waals surface area contributed by atoms with E-state index in [1.165, 1.54) is 36.4 Å². The van der Waals surface area contributed by atoms with E-state index in [2.05, 4.69) is 10.6 Å². The molecule has 0 saturated carbocycles. The Morgan fingerprint density at radius 1 is 1.00 bits per heavy atom. The van der Waals surface area contributed by atoms with E-state index in [4.69, 9.17) is 23.2 Å². The molecule has 2 aromatic carbocycles. The fourth-order valence-electron chi connectivity index (χ4n) is 1.46. The third-order valence-electron chi connectivity index (χ3n) is 2.38. The van der Waals surface area contributed by atoms with Gasteiger partial charge in [0, 0.05) is 11.4 Å². The summed E-state index contributed by atoms with van der Waals surface area (Å²) in [6.07, 6.45) is 0. The zero-order chi connectivity index (χ0) is 14.7. The zero-order valence-electron chi connectivity index (χ0n) is 9.95. The van der Waals surface area contributed by atoms with Gasteiger partial charge in [-0.1, -0.05) is 23.2 Å². The summed E-state index contributed by atoms with van der Waals surface area (Å²) >= 11 is 11.5. The van der Waals surface area contributed by atoms with Crippen molar-refractivity contribution in [2.24, 2.45) is 0 Å². The fraction of sp³-hybridized carbons (Fsp3) is 0. The van der Waals surface area contributed by atoms with Gasteiger partial charge in [-0.05, 0) is 36.4 Å². The molecular weight excluding hydrogens is 306 g/mol. The van der Waals surface area contributed by atoms with E-state index in [0.717, 1.165) is 0 Å². The monoisotopic (exact) mass is 314 g/mol. The molecule has 0 radical (unpaired) electrons. The standard InChI is InChI=1S/C13H9Cl2FN2O2/c14-10-5-9(6-11(15)12(10)19)18-13(20)17-8-3-1-7(16)2-4-8/h1-6,19H,(H2,17,18,20). The van der Waals surface area contributed by atoms with Crippen molar-refractivity contribution in [3.8, 4) is 5.75 Å². The van der Waals surface area contributed by atoms with E-state index in [1.807, 2.05) is 0 Å². The molecule has 2 aromatic rings. The Bertz CT molecular complexity index is 624. The predicted molar refractivity (Wildman–Crippen MR) is 77.2 cm³/mol. The molecule has 0 aliphatic carbocycles. The van der Waals surface area contributed by atoms with E-state index in [-0.39, 0.29) is 15.8 Å². The molecule has 0 bridgehead atoms. The lowest BCUT2D eigenvalue weighted by molar-refractivity contribution is 0.262. The molecule has 0 fully saturated rings. The molecule has 0 aromatic heterocycles. The molecule has 0 unspecified atom stereocenters. The Balaban J connectivity index is 2.06. The summed E-state index contributed by atoms with van der Waals surface area (Å²) in [5.41, 5.74) is 0.747. The average molecular weight is 315 g/mol. The van der Waals surface area contributed by atoms with Crippen LogP contribution >= 0.6 is 23.2 Å². The summed E-state index contributed by atoms with van der Waals surface area (Å²) < 4.78 is 12.7. The van der Waals surface area contributed by atoms with Crippen molar-refractivity contribution in [2.75, 3.05) is 10.6 Å². The SMILES string of the molecule is O=C(Nc1ccc(F)cc1)Nc1cc(Cl)c(O)c(Cl)c1. The first-order valence-electron chi connectivity index (χ1n) is 5.47. The van der Waals surface area contributed by atoms with Crippen LogP contribution in [0.15, 0.2) is 36.4 Å². The second-order valence-corrected chi connectivity index (χ2v) is 4.69. The van der Waals surface area contributed by atoms with Crippen molar-refractivity contribution in [1.82, 2.24) is 0 Å². The zero-order valence-corrected chi connectivity index (χ0v) is 11.5. The lowest BCUT2D eigenvalue weighted by Crippen LogP contribution is -2.19. The van der Waals surface area contributed by atoms with Crippen LogP contribution in [0.25, 0.3) is 0 Å². The van der Waals surface area contributed by atoms with Crippen LogP contribution in [0.1, 0.15) is 0 Å². The molecule has 20 heavy (non-hydrogen) atoms. The van der Waals surface area contributed by atoms with Crippen molar-refractivity contribution in [2.45, 2.75) is 0 Å². The van der Waals surface area contributed by atoms with Crippen LogP contribution < -0.4 is 10.6 Å². The maximum atomic E-state index is 12.7. The number of anilines is 2. The molecule has 0 aliphatic rings. The van der Waals surface area contributed by atoms with Crippen LogP contribution in [0, 0.1) is 5.82 Å². The number of carbonyl (C=O) groups is 1. The van der Waals surface area contributed by atoms with Gasteiger partial charge in [0.2, 0.25) is 0 Å². The predicted octanol–water partition coefficient (Wildman–Crippen LogP) is 4.48. The molecular formula is C13H9Cl2FN2O2. The smallest absolute Gasteiger partial charge is 0.323 e. The largest absolute Gasteiger partial charge is 0.505 e. The second-order valence-electron chi connectivity index (χ2n) is 3.87. The Hall–Kier alpha value is -1.98. The number of urea groups is 1. The van der Waals surface area contributed by atoms with Gasteiger partial charge >= 0.3 is 6.03 Å². The number of benzene rings is 2. The maximum Gasteiger partial charge on any atom is 0.323 e. The molecule has 7 heteroatoms. The number of halogens is 3. The molecule has 3 N–H and O–H groups in total. The van der Waals surface area contributed by atoms with Gasteiger partial charge < -0.3 is 15.7 Å². The van der Waals surface area contributed by atoms with Gasteiger partial charge in [0.15, 0.2) is 5.75 Å². The number of aromatic hydroxyl groups is 1. The van der Waals surface area contributed by atoms with Crippen molar-refractivity contribution in [3.63, 3.8) is 0 Å². The van der Waals surface area contributed by atoms with Crippen LogP contribution in [-0.4, -0.2) is 11.1 Å². The van der Waals surface area contributed by atoms with Gasteiger partial charge in [0.1, 0.15) is 5.82 Å². The van der Waals surface area contributed by atoms with Crippen LogP contribution in [0.5, 0.6) is 5.75 Å². The topological polar surface area (TPSA) is 61.4 Å². The minimum absolute atomic E-state index is 0.0228. The summed E-state index contributed by atoms with van der Waals surface area (Å²) in [5.74, 6) is -0.647. The van der Waals surface area contributed by atoms with Crippen molar-refractivity contribution in [3.05, 3.63) is 52.3 Å². The van der Waals surface area contributed by atoms with E-state index in [1.54, 1.807) is 0 Å². The highest BCUT2D eigenvalue weighted by atomic mass is 35.5. The van der Waals surface area contributed by atoms with Crippen molar-refractivity contribution >= 4 is 40.6 Å². The quantitative estimate of drug-likeness (QED) is 0.715. The van der Waals surface area contributed by atoms with Gasteiger partial charge in [-0.2, -0.15) is 0 Å². The summed E-state index contributed by atoms with van der Waals surface area (Å²) in [7, 11) is 0. The van der Waals surface area contributed by atoms with Gasteiger partial charge in [-0.25, -0.2) is 9.18 Å². The lowest BCUT2D eigenvalue weighted by atomic mass is 10.3. The molecule has 0 aliphatic heterocycles. The Kier molecular flexibility index (Phi) is 4.32. The highest BCUT2D eigenvalue weighted by Crippen LogP contribution is 2.34. The third-order valence-corrected chi connectivity index (χ3v) is 2.95. The van der Waals surface area contributed by atoms with E-state index >= 15 is 0 Å². The van der Waals surface area contributed by atoms with Crippen LogP contribution in [0.2, 0.25) is 10.0 Å². The average Bonchev–Trinajstić information content (AvgIpc) is 2.38. The molecule has 2 amide bonds. The van der Waals surface area contributed by atoms with Crippen LogP contribution in [-0.2, 0) is 0 Å². The van der Waals surface area contributed by atoms with Gasteiger partial charge in [0.05, 0.1) is 10.0 Å². The molecule has 2 rings (SSSR count). The number of rotatable bonds is 2. The number of hydrogen-bond acceptors (Lipinski definition) is 2. The number of phenols is 1. The number of nitrogens with one attached hydrogen (secondary N) is 2. The van der Waals surface area contributed by atoms with E-state index in [9.17, 15) is 14.3 Å². The number of phenolic OH excluding ortho intramolecular Hbond substituents is 1. The summed E-state index contributed by atoms with van der Waals surface area (Å²) in [4.78, 5) is 11.7. The van der Waals surface area contributed by atoms with Crippen molar-refractivity contribution in [1.29, 1.82) is 0 Å².